The summed E-state index contributed by atoms with van der Waals surface area (Å²) in [5.74, 6) is -0.0518. The Hall–Kier alpha value is -1.48. The highest BCUT2D eigenvalue weighted by Crippen LogP contribution is 2.20. The van der Waals surface area contributed by atoms with Crippen molar-refractivity contribution in [3.63, 3.8) is 0 Å². The largest absolute Gasteiger partial charge is 0.383 e. The molecule has 0 radical (unpaired) electrons. The summed E-state index contributed by atoms with van der Waals surface area (Å²) in [5, 5.41) is 3.11. The Bertz CT molecular complexity index is 646. The van der Waals surface area contributed by atoms with Gasteiger partial charge in [-0.3, -0.25) is 4.79 Å². The fourth-order valence-electron chi connectivity index (χ4n) is 2.85. The van der Waals surface area contributed by atoms with Gasteiger partial charge in [0, 0.05) is 38.3 Å². The Morgan fingerprint density at radius 3 is 2.67 bits per heavy atom. The lowest BCUT2D eigenvalue weighted by molar-refractivity contribution is 0.0737. The Balaban J connectivity index is 2.07. The smallest absolute Gasteiger partial charge is 0.254 e. The SMILES string of the molecule is CNCC1CCCN1C(=O)c1ccc(S(=O)(=O)NCCOC)cc1. The van der Waals surface area contributed by atoms with E-state index in [1.165, 1.54) is 19.2 Å². The summed E-state index contributed by atoms with van der Waals surface area (Å²) in [6, 6.07) is 6.27. The highest BCUT2D eigenvalue weighted by molar-refractivity contribution is 7.89. The van der Waals surface area contributed by atoms with Gasteiger partial charge < -0.3 is 15.0 Å². The van der Waals surface area contributed by atoms with Crippen LogP contribution in [0.25, 0.3) is 0 Å². The number of nitrogens with one attached hydrogen (secondary N) is 2. The second-order valence-electron chi connectivity index (χ2n) is 5.77. The third-order valence-electron chi connectivity index (χ3n) is 4.09. The van der Waals surface area contributed by atoms with E-state index in [1.54, 1.807) is 12.1 Å². The number of sulfonamides is 1. The number of amides is 1. The molecule has 0 saturated carbocycles. The number of rotatable bonds is 8. The van der Waals surface area contributed by atoms with Crippen LogP contribution in [-0.4, -0.2) is 65.7 Å². The number of methoxy groups -OCH3 is 1. The fourth-order valence-corrected chi connectivity index (χ4v) is 3.87. The average Bonchev–Trinajstić information content (AvgIpc) is 3.03. The van der Waals surface area contributed by atoms with Crippen molar-refractivity contribution >= 4 is 15.9 Å². The number of nitrogens with zero attached hydrogens (tertiary/aromatic N) is 1. The number of carbonyl (C=O) groups excluding carboxylic acids is 1. The molecule has 1 unspecified atom stereocenters. The predicted molar refractivity (Wildman–Crippen MR) is 91.5 cm³/mol. The number of likely N-dealkylation sites (N-methyl/N-ethyl adjacent to an activating group) is 1. The quantitative estimate of drug-likeness (QED) is 0.661. The molecule has 1 aromatic rings. The molecule has 1 saturated heterocycles. The van der Waals surface area contributed by atoms with Crippen LogP contribution in [0.1, 0.15) is 23.2 Å². The molecule has 7 nitrogen and oxygen atoms in total. The normalized spacial score (nSPS) is 18.1. The highest BCUT2D eigenvalue weighted by Gasteiger charge is 2.28. The molecule has 1 amide bonds. The number of likely N-dealkylation sites (tertiary alicyclic amines) is 1. The third kappa shape index (κ3) is 4.54. The topological polar surface area (TPSA) is 87.7 Å². The monoisotopic (exact) mass is 355 g/mol. The molecule has 1 atom stereocenters. The zero-order valence-electron chi connectivity index (χ0n) is 14.1. The maximum Gasteiger partial charge on any atom is 0.254 e. The number of hydrogen-bond acceptors (Lipinski definition) is 5. The van der Waals surface area contributed by atoms with Crippen LogP contribution in [0.5, 0.6) is 0 Å². The van der Waals surface area contributed by atoms with Crippen LogP contribution in [0, 0.1) is 0 Å². The molecule has 2 N–H and O–H groups in total. The minimum atomic E-state index is -3.58. The number of carbonyl (C=O) groups is 1. The molecule has 1 aromatic carbocycles. The first-order valence-corrected chi connectivity index (χ1v) is 9.52. The first-order chi connectivity index (χ1) is 11.5. The van der Waals surface area contributed by atoms with Gasteiger partial charge in [0.2, 0.25) is 10.0 Å². The summed E-state index contributed by atoms with van der Waals surface area (Å²) in [6.07, 6.45) is 1.98. The molecule has 0 spiro atoms. The molecule has 8 heteroatoms. The van der Waals surface area contributed by atoms with Crippen molar-refractivity contribution in [3.05, 3.63) is 29.8 Å². The lowest BCUT2D eigenvalue weighted by atomic mass is 10.1. The van der Waals surface area contributed by atoms with Gasteiger partial charge in [0.15, 0.2) is 0 Å². The van der Waals surface area contributed by atoms with Gasteiger partial charge in [0.05, 0.1) is 11.5 Å². The predicted octanol–water partition coefficient (Wildman–Crippen LogP) is 0.435. The lowest BCUT2D eigenvalue weighted by Crippen LogP contribution is -2.40. The summed E-state index contributed by atoms with van der Waals surface area (Å²) in [4.78, 5) is 14.6. The first kappa shape index (κ1) is 18.9. The molecule has 1 aliphatic heterocycles. The molecule has 0 aromatic heterocycles. The van der Waals surface area contributed by atoms with E-state index in [2.05, 4.69) is 10.0 Å². The summed E-state index contributed by atoms with van der Waals surface area (Å²) in [7, 11) is -0.198. The van der Waals surface area contributed by atoms with Crippen molar-refractivity contribution in [2.24, 2.45) is 0 Å². The number of benzene rings is 1. The molecule has 1 heterocycles. The van der Waals surface area contributed by atoms with Crippen molar-refractivity contribution in [3.8, 4) is 0 Å². The molecule has 0 bridgehead atoms. The standard InChI is InChI=1S/C16H25N3O4S/c1-17-12-14-4-3-10-19(14)16(20)13-5-7-15(8-6-13)24(21,22)18-9-11-23-2/h5-8,14,17-18H,3-4,9-12H2,1-2H3. The van der Waals surface area contributed by atoms with Gasteiger partial charge >= 0.3 is 0 Å². The summed E-state index contributed by atoms with van der Waals surface area (Å²) >= 11 is 0. The van der Waals surface area contributed by atoms with Crippen molar-refractivity contribution in [2.75, 3.05) is 40.4 Å². The Morgan fingerprint density at radius 1 is 1.33 bits per heavy atom. The highest BCUT2D eigenvalue weighted by atomic mass is 32.2. The summed E-state index contributed by atoms with van der Waals surface area (Å²) in [5.41, 5.74) is 0.508. The molecule has 1 aliphatic rings. The van der Waals surface area contributed by atoms with Gasteiger partial charge in [0.25, 0.3) is 5.91 Å². The third-order valence-corrected chi connectivity index (χ3v) is 5.56. The van der Waals surface area contributed by atoms with E-state index in [0.29, 0.717) is 12.2 Å². The van der Waals surface area contributed by atoms with E-state index in [4.69, 9.17) is 4.74 Å². The molecule has 134 valence electrons. The van der Waals surface area contributed by atoms with Crippen molar-refractivity contribution < 1.29 is 17.9 Å². The van der Waals surface area contributed by atoms with Gasteiger partial charge in [-0.25, -0.2) is 13.1 Å². The van der Waals surface area contributed by atoms with Gasteiger partial charge in [0.1, 0.15) is 0 Å². The van der Waals surface area contributed by atoms with Crippen LogP contribution >= 0.6 is 0 Å². The van der Waals surface area contributed by atoms with Gasteiger partial charge in [-0.15, -0.1) is 0 Å². The van der Waals surface area contributed by atoms with Crippen LogP contribution < -0.4 is 10.0 Å². The van der Waals surface area contributed by atoms with E-state index in [9.17, 15) is 13.2 Å². The van der Waals surface area contributed by atoms with Crippen molar-refractivity contribution in [2.45, 2.75) is 23.8 Å². The van der Waals surface area contributed by atoms with E-state index in [0.717, 1.165) is 25.9 Å². The molecular formula is C16H25N3O4S. The maximum absolute atomic E-state index is 12.6. The maximum atomic E-state index is 12.6. The van der Waals surface area contributed by atoms with E-state index in [-0.39, 0.29) is 23.4 Å². The second-order valence-corrected chi connectivity index (χ2v) is 7.53. The van der Waals surface area contributed by atoms with Crippen molar-refractivity contribution in [1.82, 2.24) is 14.9 Å². The van der Waals surface area contributed by atoms with Crippen LogP contribution in [0.4, 0.5) is 0 Å². The average molecular weight is 355 g/mol. The minimum absolute atomic E-state index is 0.0518. The van der Waals surface area contributed by atoms with Crippen molar-refractivity contribution in [1.29, 1.82) is 0 Å². The number of ether oxygens (including phenoxy) is 1. The second kappa shape index (κ2) is 8.57. The molecule has 0 aliphatic carbocycles. The first-order valence-electron chi connectivity index (χ1n) is 8.04. The van der Waals surface area contributed by atoms with Crippen LogP contribution in [0.15, 0.2) is 29.2 Å². The Labute approximate surface area is 143 Å². The molecule has 2 rings (SSSR count). The van der Waals surface area contributed by atoms with Gasteiger partial charge in [-0.1, -0.05) is 0 Å². The van der Waals surface area contributed by atoms with Gasteiger partial charge in [-0.05, 0) is 44.2 Å². The van der Waals surface area contributed by atoms with Crippen LogP contribution in [-0.2, 0) is 14.8 Å². The van der Waals surface area contributed by atoms with E-state index < -0.39 is 10.0 Å². The van der Waals surface area contributed by atoms with Gasteiger partial charge in [-0.2, -0.15) is 0 Å². The Morgan fingerprint density at radius 2 is 2.04 bits per heavy atom. The fraction of sp³-hybridized carbons (Fsp3) is 0.562. The minimum Gasteiger partial charge on any atom is -0.383 e. The number of hydrogen-bond donors (Lipinski definition) is 2. The summed E-state index contributed by atoms with van der Waals surface area (Å²) in [6.45, 7) is 2.02. The van der Waals surface area contributed by atoms with Crippen LogP contribution in [0.3, 0.4) is 0 Å². The molecule has 1 fully saturated rings. The summed E-state index contributed by atoms with van der Waals surface area (Å²) < 4.78 is 31.5. The molecule has 24 heavy (non-hydrogen) atoms. The Kier molecular flexibility index (Phi) is 6.73. The zero-order chi connectivity index (χ0) is 17.6. The van der Waals surface area contributed by atoms with E-state index >= 15 is 0 Å². The molecular weight excluding hydrogens is 330 g/mol. The zero-order valence-corrected chi connectivity index (χ0v) is 14.9. The van der Waals surface area contributed by atoms with E-state index in [1.807, 2.05) is 11.9 Å². The van der Waals surface area contributed by atoms with Crippen LogP contribution in [0.2, 0.25) is 0 Å². The lowest BCUT2D eigenvalue weighted by Gasteiger charge is -2.24.